The molecule has 0 aliphatic carbocycles. The Morgan fingerprint density at radius 1 is 1.00 bits per heavy atom. The molecule has 2 aliphatic heterocycles. The number of nitrogens with one attached hydrogen (secondary N) is 2. The van der Waals surface area contributed by atoms with Crippen LogP contribution >= 0.6 is 0 Å². The van der Waals surface area contributed by atoms with Crippen molar-refractivity contribution in [3.05, 3.63) is 59.7 Å². The summed E-state index contributed by atoms with van der Waals surface area (Å²) in [5.74, 6) is -0.0440. The third-order valence-electron chi connectivity index (χ3n) is 7.72. The van der Waals surface area contributed by atoms with E-state index in [1.165, 1.54) is 19.3 Å². The average molecular weight is 478 g/mol. The van der Waals surface area contributed by atoms with Crippen LogP contribution in [0.25, 0.3) is 0 Å². The maximum absolute atomic E-state index is 13.8. The Morgan fingerprint density at radius 2 is 1.69 bits per heavy atom. The number of hydrogen-bond donors (Lipinski definition) is 3. The summed E-state index contributed by atoms with van der Waals surface area (Å²) in [7, 11) is 1.95. The molecule has 0 saturated carbocycles. The normalized spacial score (nSPS) is 22.7. The third kappa shape index (κ3) is 5.36. The molecular formula is C28H39N5O2. The van der Waals surface area contributed by atoms with Crippen LogP contribution in [0.5, 0.6) is 0 Å². The summed E-state index contributed by atoms with van der Waals surface area (Å²) in [6.45, 7) is 6.53. The molecule has 3 atom stereocenters. The molecule has 7 heteroatoms. The summed E-state index contributed by atoms with van der Waals surface area (Å²) in [6.07, 6.45) is 7.15. The van der Waals surface area contributed by atoms with E-state index in [0.717, 1.165) is 42.7 Å². The number of hydrogen-bond acceptors (Lipinski definition) is 5. The van der Waals surface area contributed by atoms with Gasteiger partial charge in [0, 0.05) is 31.2 Å². The van der Waals surface area contributed by atoms with Crippen molar-refractivity contribution in [3.63, 3.8) is 0 Å². The second-order valence-corrected chi connectivity index (χ2v) is 10.0. The number of para-hydroxylation sites is 2. The molecule has 1 amide bonds. The van der Waals surface area contributed by atoms with Gasteiger partial charge in [0.05, 0.1) is 11.4 Å². The van der Waals surface area contributed by atoms with Crippen molar-refractivity contribution in [1.29, 1.82) is 5.41 Å². The summed E-state index contributed by atoms with van der Waals surface area (Å²) < 4.78 is 0. The highest BCUT2D eigenvalue weighted by molar-refractivity contribution is 6.06. The van der Waals surface area contributed by atoms with Crippen LogP contribution in [0.15, 0.2) is 48.5 Å². The van der Waals surface area contributed by atoms with E-state index in [2.05, 4.69) is 24.8 Å². The van der Waals surface area contributed by atoms with Crippen molar-refractivity contribution in [2.24, 2.45) is 0 Å². The number of likely N-dealkylation sites (N-methyl/N-ethyl adjacent to an activating group) is 1. The van der Waals surface area contributed by atoms with Crippen molar-refractivity contribution in [2.45, 2.75) is 70.5 Å². The number of likely N-dealkylation sites (tertiary alicyclic amines) is 1. The lowest BCUT2D eigenvalue weighted by atomic mass is 9.96. The molecule has 0 bridgehead atoms. The van der Waals surface area contributed by atoms with Gasteiger partial charge in [0.15, 0.2) is 0 Å². The minimum Gasteiger partial charge on any atom is -0.357 e. The van der Waals surface area contributed by atoms with Gasteiger partial charge < -0.3 is 9.80 Å². The molecule has 2 aliphatic rings. The summed E-state index contributed by atoms with van der Waals surface area (Å²) in [5, 5.41) is 17.1. The van der Waals surface area contributed by atoms with E-state index >= 15 is 0 Å². The van der Waals surface area contributed by atoms with Gasteiger partial charge >= 0.3 is 0 Å². The smallest absolute Gasteiger partial charge is 0.254 e. The predicted octanol–water partition coefficient (Wildman–Crippen LogP) is 4.95. The molecule has 3 unspecified atom stereocenters. The van der Waals surface area contributed by atoms with E-state index in [4.69, 9.17) is 10.6 Å². The zero-order valence-corrected chi connectivity index (χ0v) is 21.2. The lowest BCUT2D eigenvalue weighted by Gasteiger charge is -2.41. The number of anilines is 2. The summed E-state index contributed by atoms with van der Waals surface area (Å²) in [5.41, 5.74) is 5.22. The van der Waals surface area contributed by atoms with Crippen molar-refractivity contribution >= 4 is 23.1 Å². The number of benzene rings is 2. The lowest BCUT2D eigenvalue weighted by molar-refractivity contribution is -0.120. The molecule has 7 nitrogen and oxygen atoms in total. The maximum Gasteiger partial charge on any atom is 0.254 e. The monoisotopic (exact) mass is 477 g/mol. The minimum absolute atomic E-state index is 0.0464. The van der Waals surface area contributed by atoms with Crippen LogP contribution in [0.1, 0.15) is 69.5 Å². The van der Waals surface area contributed by atoms with Gasteiger partial charge in [-0.25, -0.2) is 0 Å². The van der Waals surface area contributed by atoms with E-state index in [9.17, 15) is 4.79 Å². The van der Waals surface area contributed by atoms with E-state index in [0.29, 0.717) is 24.2 Å². The summed E-state index contributed by atoms with van der Waals surface area (Å²) in [4.78, 5) is 20.4. The molecule has 0 aromatic heterocycles. The van der Waals surface area contributed by atoms with Crippen LogP contribution in [-0.2, 0) is 4.79 Å². The first-order valence-corrected chi connectivity index (χ1v) is 12.9. The minimum atomic E-state index is -0.480. The molecule has 35 heavy (non-hydrogen) atoms. The Hall–Kier alpha value is -2.90. The average Bonchev–Trinajstić information content (AvgIpc) is 2.87. The number of fused-ring (bicyclic) bond motifs is 1. The molecule has 3 N–H and O–H groups in total. The van der Waals surface area contributed by atoms with Gasteiger partial charge in [-0.3, -0.25) is 25.8 Å². The van der Waals surface area contributed by atoms with Gasteiger partial charge in [-0.15, -0.1) is 0 Å². The standard InChI is InChI=1S/C28H39N5O2/c1-20-11-9-12-21(2)32(20)17-7-4-8-18-33-25-16-6-5-15-24(25)31(3)26(28(33)34)22-13-10-14-23(19-22)27(29)30-35/h5-6,10,13-16,19-21,26,35H,4,7-9,11-12,17-18H2,1-3H3,(H2,29,30). The fraction of sp³-hybridized carbons (Fsp3) is 0.500. The van der Waals surface area contributed by atoms with Gasteiger partial charge in [0.1, 0.15) is 11.9 Å². The first-order chi connectivity index (χ1) is 16.9. The van der Waals surface area contributed by atoms with Crippen LogP contribution in [0.2, 0.25) is 0 Å². The number of unbranched alkanes of at least 4 members (excludes halogenated alkanes) is 2. The van der Waals surface area contributed by atoms with Crippen LogP contribution in [0.3, 0.4) is 0 Å². The molecule has 1 fully saturated rings. The van der Waals surface area contributed by atoms with Crippen molar-refractivity contribution in [1.82, 2.24) is 10.4 Å². The van der Waals surface area contributed by atoms with E-state index < -0.39 is 6.04 Å². The number of carbonyl (C=O) groups is 1. The number of hydroxylamine groups is 1. The largest absolute Gasteiger partial charge is 0.357 e. The summed E-state index contributed by atoms with van der Waals surface area (Å²) >= 11 is 0. The van der Waals surface area contributed by atoms with Gasteiger partial charge in [0.2, 0.25) is 0 Å². The second-order valence-electron chi connectivity index (χ2n) is 10.0. The molecule has 0 spiro atoms. The highest BCUT2D eigenvalue weighted by atomic mass is 16.5. The van der Waals surface area contributed by atoms with Gasteiger partial charge in [-0.2, -0.15) is 0 Å². The molecule has 0 radical (unpaired) electrons. The first-order valence-electron chi connectivity index (χ1n) is 12.9. The van der Waals surface area contributed by atoms with Crippen LogP contribution in [-0.4, -0.2) is 54.1 Å². The highest BCUT2D eigenvalue weighted by Crippen LogP contribution is 2.40. The number of piperidine rings is 1. The van der Waals surface area contributed by atoms with Crippen molar-refractivity contribution < 1.29 is 10.0 Å². The Labute approximate surface area is 209 Å². The van der Waals surface area contributed by atoms with E-state index in [1.807, 2.05) is 52.7 Å². The molecular weight excluding hydrogens is 438 g/mol. The molecule has 2 heterocycles. The molecule has 1 saturated heterocycles. The predicted molar refractivity (Wildman–Crippen MR) is 141 cm³/mol. The topological polar surface area (TPSA) is 82.9 Å². The molecule has 4 rings (SSSR count). The highest BCUT2D eigenvalue weighted by Gasteiger charge is 2.37. The molecule has 2 aromatic carbocycles. The zero-order chi connectivity index (χ0) is 24.9. The van der Waals surface area contributed by atoms with E-state index in [-0.39, 0.29) is 11.7 Å². The quantitative estimate of drug-likeness (QED) is 0.217. The molecule has 2 aromatic rings. The Bertz CT molecular complexity index is 1030. The second kappa shape index (κ2) is 11.2. The van der Waals surface area contributed by atoms with Crippen molar-refractivity contribution in [2.75, 3.05) is 29.9 Å². The fourth-order valence-corrected chi connectivity index (χ4v) is 5.74. The lowest BCUT2D eigenvalue weighted by Crippen LogP contribution is -2.47. The Morgan fingerprint density at radius 3 is 2.40 bits per heavy atom. The maximum atomic E-state index is 13.8. The fourth-order valence-electron chi connectivity index (χ4n) is 5.74. The number of rotatable bonds is 8. The van der Waals surface area contributed by atoms with Crippen LogP contribution in [0, 0.1) is 5.41 Å². The van der Waals surface area contributed by atoms with E-state index in [1.54, 1.807) is 12.1 Å². The van der Waals surface area contributed by atoms with Crippen molar-refractivity contribution in [3.8, 4) is 0 Å². The first kappa shape index (κ1) is 25.2. The summed E-state index contributed by atoms with van der Waals surface area (Å²) in [6, 6.07) is 16.2. The SMILES string of the molecule is CC1CCCC(C)N1CCCCCN1C(=O)C(c2cccc(C(=N)NO)c2)N(C)c2ccccc21. The van der Waals surface area contributed by atoms with Gasteiger partial charge in [0.25, 0.3) is 5.91 Å². The number of amidine groups is 1. The van der Waals surface area contributed by atoms with Gasteiger partial charge in [-0.05, 0) is 69.8 Å². The number of amides is 1. The van der Waals surface area contributed by atoms with Crippen LogP contribution in [0.4, 0.5) is 11.4 Å². The Kier molecular flexibility index (Phi) is 8.08. The molecule has 188 valence electrons. The van der Waals surface area contributed by atoms with Crippen LogP contribution < -0.4 is 15.3 Å². The van der Waals surface area contributed by atoms with Gasteiger partial charge in [-0.1, -0.05) is 43.2 Å². The zero-order valence-electron chi connectivity index (χ0n) is 21.2. The number of nitrogens with zero attached hydrogens (tertiary/aromatic N) is 3. The number of carbonyl (C=O) groups excluding carboxylic acids is 1. The third-order valence-corrected chi connectivity index (χ3v) is 7.72. The Balaban J connectivity index is 1.46.